The van der Waals surface area contributed by atoms with Crippen LogP contribution < -0.4 is 5.32 Å². The number of nitrogens with zero attached hydrogens (tertiary/aromatic N) is 1. The van der Waals surface area contributed by atoms with Gasteiger partial charge in [0.1, 0.15) is 17.5 Å². The molecule has 4 nitrogen and oxygen atoms in total. The summed E-state index contributed by atoms with van der Waals surface area (Å²) < 4.78 is 42.0. The Morgan fingerprint density at radius 1 is 0.921 bits per heavy atom. The van der Waals surface area contributed by atoms with E-state index < -0.39 is 17.7 Å². The van der Waals surface area contributed by atoms with Crippen molar-refractivity contribution in [2.24, 2.45) is 0 Å². The van der Waals surface area contributed by atoms with Gasteiger partial charge in [0.25, 0.3) is 0 Å². The Morgan fingerprint density at radius 2 is 1.66 bits per heavy atom. The smallest absolute Gasteiger partial charge is 0.225 e. The van der Waals surface area contributed by atoms with E-state index in [0.717, 1.165) is 34.0 Å². The monoisotopic (exact) mass is 513 g/mol. The van der Waals surface area contributed by atoms with Crippen LogP contribution in [-0.2, 0) is 17.6 Å². The molecule has 0 spiro atoms. The molecule has 0 saturated carbocycles. The van der Waals surface area contributed by atoms with E-state index in [9.17, 15) is 18.0 Å². The third-order valence-corrected chi connectivity index (χ3v) is 6.65. The van der Waals surface area contributed by atoms with Gasteiger partial charge in [-0.15, -0.1) is 0 Å². The number of aryl methyl sites for hydroxylation is 2. The van der Waals surface area contributed by atoms with E-state index >= 15 is 0 Å². The fourth-order valence-corrected chi connectivity index (χ4v) is 4.84. The number of rotatable bonds is 7. The van der Waals surface area contributed by atoms with Gasteiger partial charge >= 0.3 is 0 Å². The summed E-state index contributed by atoms with van der Waals surface area (Å²) >= 11 is 0. The maximum absolute atomic E-state index is 14.0. The topological polar surface area (TPSA) is 57.8 Å². The van der Waals surface area contributed by atoms with E-state index in [4.69, 9.17) is 0 Å². The molecule has 2 aromatic heterocycles. The van der Waals surface area contributed by atoms with Gasteiger partial charge in [-0.2, -0.15) is 0 Å². The predicted octanol–water partition coefficient (Wildman–Crippen LogP) is 6.91. The van der Waals surface area contributed by atoms with Gasteiger partial charge in [-0.05, 0) is 73.4 Å². The number of H-pyrrole nitrogens is 1. The van der Waals surface area contributed by atoms with Crippen molar-refractivity contribution in [1.29, 1.82) is 0 Å². The lowest BCUT2D eigenvalue weighted by atomic mass is 9.94. The Morgan fingerprint density at radius 3 is 2.39 bits per heavy atom. The molecule has 0 saturated heterocycles. The molecule has 3 aromatic carbocycles. The van der Waals surface area contributed by atoms with Gasteiger partial charge in [-0.3, -0.25) is 9.78 Å². The van der Waals surface area contributed by atoms with E-state index in [1.807, 2.05) is 50.2 Å². The fraction of sp³-hybridized carbons (Fsp3) is 0.161. The summed E-state index contributed by atoms with van der Waals surface area (Å²) in [6, 6.07) is 18.7. The van der Waals surface area contributed by atoms with Crippen molar-refractivity contribution in [2.75, 3.05) is 0 Å². The van der Waals surface area contributed by atoms with Gasteiger partial charge < -0.3 is 10.3 Å². The Balaban J connectivity index is 1.51. The number of amides is 1. The number of hydrogen-bond donors (Lipinski definition) is 2. The van der Waals surface area contributed by atoms with Crippen LogP contribution in [0.1, 0.15) is 34.1 Å². The number of carbonyl (C=O) groups excluding carboxylic acids is 1. The molecule has 38 heavy (non-hydrogen) atoms. The first-order valence-corrected chi connectivity index (χ1v) is 12.3. The largest absolute Gasteiger partial charge is 0.358 e. The number of aromatic amines is 1. The first-order valence-electron chi connectivity index (χ1n) is 12.3. The third-order valence-electron chi connectivity index (χ3n) is 6.65. The molecule has 0 unspecified atom stereocenters. The summed E-state index contributed by atoms with van der Waals surface area (Å²) in [7, 11) is 0. The molecule has 0 aliphatic rings. The average molecular weight is 514 g/mol. The van der Waals surface area contributed by atoms with Crippen molar-refractivity contribution >= 4 is 16.8 Å². The van der Waals surface area contributed by atoms with Gasteiger partial charge in [0.15, 0.2) is 0 Å². The number of hydrogen-bond acceptors (Lipinski definition) is 2. The molecule has 2 N–H and O–H groups in total. The zero-order chi connectivity index (χ0) is 26.8. The van der Waals surface area contributed by atoms with E-state index in [0.29, 0.717) is 22.2 Å². The van der Waals surface area contributed by atoms with Crippen LogP contribution in [0, 0.1) is 31.3 Å². The number of nitrogens with one attached hydrogen (secondary N) is 2. The van der Waals surface area contributed by atoms with Gasteiger partial charge in [0.2, 0.25) is 5.91 Å². The van der Waals surface area contributed by atoms with E-state index in [1.165, 1.54) is 24.3 Å². The SMILES string of the molecule is Cc1ccc(-c2cccnc2[C@H](Cc2cc(F)cc(F)c2)NC(=O)Cc2c(C)[nH]c3ccc(F)cc23)cc1. The minimum Gasteiger partial charge on any atom is -0.358 e. The summed E-state index contributed by atoms with van der Waals surface area (Å²) in [6.07, 6.45) is 1.75. The van der Waals surface area contributed by atoms with Gasteiger partial charge in [0.05, 0.1) is 18.2 Å². The molecule has 1 atom stereocenters. The van der Waals surface area contributed by atoms with Crippen molar-refractivity contribution in [1.82, 2.24) is 15.3 Å². The standard InChI is InChI=1S/C31H26F3N3O/c1-18-5-7-21(8-6-18)25-4-3-11-35-31(25)29(14-20-12-23(33)15-24(34)13-20)37-30(38)17-26-19(2)36-28-10-9-22(32)16-27(26)28/h3-13,15-16,29,36H,14,17H2,1-2H3,(H,37,38)/t29-/m0/s1. The van der Waals surface area contributed by atoms with E-state index in [-0.39, 0.29) is 24.6 Å². The Labute approximate surface area is 218 Å². The van der Waals surface area contributed by atoms with Crippen LogP contribution >= 0.6 is 0 Å². The molecule has 7 heteroatoms. The Hall–Kier alpha value is -4.39. The maximum Gasteiger partial charge on any atom is 0.225 e. The summed E-state index contributed by atoms with van der Waals surface area (Å²) in [4.78, 5) is 21.2. The van der Waals surface area contributed by atoms with Crippen molar-refractivity contribution in [3.05, 3.63) is 125 Å². The molecule has 2 heterocycles. The van der Waals surface area contributed by atoms with Crippen LogP contribution in [-0.4, -0.2) is 15.9 Å². The number of fused-ring (bicyclic) bond motifs is 1. The van der Waals surface area contributed by atoms with Crippen LogP contribution in [0.25, 0.3) is 22.0 Å². The highest BCUT2D eigenvalue weighted by Crippen LogP contribution is 2.30. The summed E-state index contributed by atoms with van der Waals surface area (Å²) in [5.41, 5.74) is 5.98. The van der Waals surface area contributed by atoms with Crippen molar-refractivity contribution in [2.45, 2.75) is 32.7 Å². The highest BCUT2D eigenvalue weighted by Gasteiger charge is 2.23. The number of carbonyl (C=O) groups is 1. The lowest BCUT2D eigenvalue weighted by Crippen LogP contribution is -2.32. The number of benzene rings is 3. The van der Waals surface area contributed by atoms with Crippen LogP contribution in [0.3, 0.4) is 0 Å². The van der Waals surface area contributed by atoms with Crippen LogP contribution in [0.4, 0.5) is 13.2 Å². The molecule has 1 amide bonds. The molecular formula is C31H26F3N3O. The van der Waals surface area contributed by atoms with Crippen LogP contribution in [0.5, 0.6) is 0 Å². The normalized spacial score (nSPS) is 12.0. The van der Waals surface area contributed by atoms with E-state index in [1.54, 1.807) is 12.3 Å². The fourth-order valence-electron chi connectivity index (χ4n) is 4.84. The average Bonchev–Trinajstić information content (AvgIpc) is 3.17. The molecule has 5 rings (SSSR count). The third kappa shape index (κ3) is 5.47. The highest BCUT2D eigenvalue weighted by atomic mass is 19.1. The zero-order valence-electron chi connectivity index (χ0n) is 21.0. The molecular weight excluding hydrogens is 487 g/mol. The molecule has 0 fully saturated rings. The Kier molecular flexibility index (Phi) is 7.01. The van der Waals surface area contributed by atoms with Crippen LogP contribution in [0.2, 0.25) is 0 Å². The quantitative estimate of drug-likeness (QED) is 0.249. The molecule has 0 bridgehead atoms. The van der Waals surface area contributed by atoms with Gasteiger partial charge in [0, 0.05) is 34.4 Å². The maximum atomic E-state index is 14.0. The second-order valence-electron chi connectivity index (χ2n) is 9.50. The first-order chi connectivity index (χ1) is 18.3. The molecule has 192 valence electrons. The highest BCUT2D eigenvalue weighted by molar-refractivity contribution is 5.90. The first kappa shape index (κ1) is 25.3. The van der Waals surface area contributed by atoms with Crippen molar-refractivity contribution in [3.8, 4) is 11.1 Å². The number of aromatic nitrogens is 2. The molecule has 5 aromatic rings. The molecule has 0 aliphatic heterocycles. The van der Waals surface area contributed by atoms with Gasteiger partial charge in [-0.1, -0.05) is 35.9 Å². The summed E-state index contributed by atoms with van der Waals surface area (Å²) in [6.45, 7) is 3.83. The van der Waals surface area contributed by atoms with Crippen molar-refractivity contribution < 1.29 is 18.0 Å². The number of pyridine rings is 1. The van der Waals surface area contributed by atoms with Gasteiger partial charge in [-0.25, -0.2) is 13.2 Å². The minimum absolute atomic E-state index is 0.00397. The Bertz CT molecular complexity index is 1610. The van der Waals surface area contributed by atoms with Crippen LogP contribution in [0.15, 0.2) is 79.0 Å². The lowest BCUT2D eigenvalue weighted by molar-refractivity contribution is -0.121. The minimum atomic E-state index is -0.693. The summed E-state index contributed by atoms with van der Waals surface area (Å²) in [5.74, 6) is -2.09. The molecule has 0 aliphatic carbocycles. The zero-order valence-corrected chi connectivity index (χ0v) is 21.0. The second-order valence-corrected chi connectivity index (χ2v) is 9.50. The summed E-state index contributed by atoms with van der Waals surface area (Å²) in [5, 5.41) is 3.67. The predicted molar refractivity (Wildman–Crippen MR) is 142 cm³/mol. The molecule has 0 radical (unpaired) electrons. The van der Waals surface area contributed by atoms with Crippen molar-refractivity contribution in [3.63, 3.8) is 0 Å². The second kappa shape index (κ2) is 10.5. The number of halogens is 3. The lowest BCUT2D eigenvalue weighted by Gasteiger charge is -2.22. The van der Waals surface area contributed by atoms with E-state index in [2.05, 4.69) is 15.3 Å².